The van der Waals surface area contributed by atoms with E-state index in [9.17, 15) is 0 Å². The third-order valence-corrected chi connectivity index (χ3v) is 6.30. The number of nitrogens with zero attached hydrogens (tertiary/aromatic N) is 1. The van der Waals surface area contributed by atoms with Gasteiger partial charge in [-0.25, -0.2) is 0 Å². The maximum Gasteiger partial charge on any atom is 0.206 e. The number of aromatic nitrogens is 1. The van der Waals surface area contributed by atoms with E-state index in [0.29, 0.717) is 0 Å². The van der Waals surface area contributed by atoms with Gasteiger partial charge >= 0.3 is 0 Å². The number of unbranched alkanes of at least 4 members (excludes halogenated alkanes) is 5. The lowest BCUT2D eigenvalue weighted by molar-refractivity contribution is -0.0505. The van der Waals surface area contributed by atoms with Crippen LogP contribution in [-0.4, -0.2) is 14.0 Å². The van der Waals surface area contributed by atoms with Crippen LogP contribution in [0.3, 0.4) is 0 Å². The Balaban J connectivity index is 2.34. The van der Waals surface area contributed by atoms with Crippen molar-refractivity contribution in [1.82, 2.24) is 4.98 Å². The van der Waals surface area contributed by atoms with Gasteiger partial charge < -0.3 is 4.43 Å². The average Bonchev–Trinajstić information content (AvgIpc) is 2.62. The lowest BCUT2D eigenvalue weighted by atomic mass is 9.69. The summed E-state index contributed by atoms with van der Waals surface area (Å²) in [7, 11) is -0.844. The quantitative estimate of drug-likeness (QED) is 0.312. The van der Waals surface area contributed by atoms with Gasteiger partial charge in [0.25, 0.3) is 0 Å². The first-order chi connectivity index (χ1) is 12.8. The van der Waals surface area contributed by atoms with Crippen molar-refractivity contribution in [2.75, 3.05) is 0 Å². The first kappa shape index (κ1) is 22.1. The molecular weight excluding hydrogens is 346 g/mol. The van der Waals surface area contributed by atoms with Crippen LogP contribution in [0.1, 0.15) is 78.2 Å². The van der Waals surface area contributed by atoms with Gasteiger partial charge in [0, 0.05) is 11.6 Å². The smallest absolute Gasteiger partial charge is 0.206 e. The highest BCUT2D eigenvalue weighted by Gasteiger charge is 2.44. The van der Waals surface area contributed by atoms with Crippen LogP contribution in [0.4, 0.5) is 0 Å². The fraction of sp³-hybridized carbons (Fsp3) is 0.625. The van der Waals surface area contributed by atoms with Crippen LogP contribution in [0.15, 0.2) is 36.5 Å². The standard InChI is InChI=1S/C24H38NOSi/c1-7-8-9-10-11-12-17-24(23(2,3)4,26-27(5)6)21-16-15-20-14-13-18-25-22(20)19-21/h13-16,18-19H,7-12,17H2,1-6H3. The molecule has 149 valence electrons. The van der Waals surface area contributed by atoms with Gasteiger partial charge in [-0.1, -0.05) is 84.4 Å². The maximum atomic E-state index is 6.84. The highest BCUT2D eigenvalue weighted by Crippen LogP contribution is 2.47. The lowest BCUT2D eigenvalue weighted by Crippen LogP contribution is -2.45. The van der Waals surface area contributed by atoms with Crippen molar-refractivity contribution in [2.45, 2.75) is 91.3 Å². The monoisotopic (exact) mass is 384 g/mol. The number of benzene rings is 1. The Morgan fingerprint density at radius 1 is 0.963 bits per heavy atom. The molecule has 0 aliphatic heterocycles. The summed E-state index contributed by atoms with van der Waals surface area (Å²) in [5, 5.41) is 1.20. The molecule has 1 aromatic carbocycles. The van der Waals surface area contributed by atoms with E-state index in [-0.39, 0.29) is 11.0 Å². The average molecular weight is 385 g/mol. The third kappa shape index (κ3) is 5.65. The van der Waals surface area contributed by atoms with E-state index in [2.05, 4.69) is 70.0 Å². The molecule has 0 fully saturated rings. The van der Waals surface area contributed by atoms with Gasteiger partial charge in [0.1, 0.15) is 0 Å². The summed E-state index contributed by atoms with van der Waals surface area (Å²) in [6.45, 7) is 13.8. The number of hydrogen-bond donors (Lipinski definition) is 0. The summed E-state index contributed by atoms with van der Waals surface area (Å²) in [5.41, 5.74) is 2.14. The highest BCUT2D eigenvalue weighted by atomic mass is 28.3. The minimum absolute atomic E-state index is 0.0286. The van der Waals surface area contributed by atoms with Gasteiger partial charge in [-0.15, -0.1) is 0 Å². The van der Waals surface area contributed by atoms with E-state index < -0.39 is 9.04 Å². The highest BCUT2D eigenvalue weighted by molar-refractivity contribution is 6.48. The molecule has 0 saturated heterocycles. The predicted octanol–water partition coefficient (Wildman–Crippen LogP) is 7.49. The van der Waals surface area contributed by atoms with Crippen LogP contribution in [0.25, 0.3) is 10.9 Å². The minimum Gasteiger partial charge on any atom is -0.407 e. The van der Waals surface area contributed by atoms with Gasteiger partial charge in [-0.05, 0) is 42.6 Å². The largest absolute Gasteiger partial charge is 0.407 e. The van der Waals surface area contributed by atoms with E-state index >= 15 is 0 Å². The summed E-state index contributed by atoms with van der Waals surface area (Å²) in [6, 6.07) is 10.9. The molecule has 1 heterocycles. The number of hydrogen-bond acceptors (Lipinski definition) is 2. The molecule has 3 heteroatoms. The summed E-state index contributed by atoms with van der Waals surface area (Å²) in [4.78, 5) is 4.60. The Hall–Kier alpha value is -1.19. The molecule has 0 aliphatic carbocycles. The van der Waals surface area contributed by atoms with Crippen molar-refractivity contribution in [3.8, 4) is 0 Å². The van der Waals surface area contributed by atoms with Crippen molar-refractivity contribution in [2.24, 2.45) is 5.41 Å². The van der Waals surface area contributed by atoms with Gasteiger partial charge in [0.05, 0.1) is 11.1 Å². The van der Waals surface area contributed by atoms with E-state index in [1.54, 1.807) is 0 Å². The van der Waals surface area contributed by atoms with Gasteiger partial charge in [-0.2, -0.15) is 0 Å². The van der Waals surface area contributed by atoms with Gasteiger partial charge in [0.2, 0.25) is 9.04 Å². The molecule has 2 rings (SSSR count). The van der Waals surface area contributed by atoms with Crippen LogP contribution < -0.4 is 0 Å². The first-order valence-corrected chi connectivity index (χ1v) is 13.1. The van der Waals surface area contributed by atoms with Crippen LogP contribution in [0.5, 0.6) is 0 Å². The van der Waals surface area contributed by atoms with E-state index in [4.69, 9.17) is 4.43 Å². The second-order valence-corrected chi connectivity index (χ2v) is 11.0. The molecule has 0 saturated carbocycles. The molecule has 2 nitrogen and oxygen atoms in total. The molecule has 1 atom stereocenters. The molecule has 0 amide bonds. The molecule has 1 aromatic heterocycles. The molecule has 0 bridgehead atoms. The second-order valence-electron chi connectivity index (χ2n) is 9.02. The molecule has 2 aromatic rings. The summed E-state index contributed by atoms with van der Waals surface area (Å²) < 4.78 is 6.84. The predicted molar refractivity (Wildman–Crippen MR) is 119 cm³/mol. The zero-order valence-electron chi connectivity index (χ0n) is 18.3. The third-order valence-electron chi connectivity index (χ3n) is 5.54. The van der Waals surface area contributed by atoms with E-state index in [1.807, 2.05) is 12.3 Å². The molecule has 0 spiro atoms. The Morgan fingerprint density at radius 2 is 1.67 bits per heavy atom. The van der Waals surface area contributed by atoms with Crippen LogP contribution >= 0.6 is 0 Å². The van der Waals surface area contributed by atoms with Crippen molar-refractivity contribution in [3.05, 3.63) is 42.1 Å². The van der Waals surface area contributed by atoms with Crippen LogP contribution in [0.2, 0.25) is 13.1 Å². The zero-order chi connectivity index (χ0) is 19.9. The lowest BCUT2D eigenvalue weighted by Gasteiger charge is -2.47. The Labute approximate surface area is 168 Å². The number of rotatable bonds is 10. The van der Waals surface area contributed by atoms with Crippen LogP contribution in [-0.2, 0) is 10.0 Å². The molecular formula is C24H38NOSi. The van der Waals surface area contributed by atoms with Crippen molar-refractivity contribution in [1.29, 1.82) is 0 Å². The molecule has 27 heavy (non-hydrogen) atoms. The molecule has 0 aliphatic rings. The minimum atomic E-state index is -0.844. The molecule has 0 N–H and O–H groups in total. The molecule has 1 unspecified atom stereocenters. The fourth-order valence-corrected chi connectivity index (χ4v) is 5.26. The number of fused-ring (bicyclic) bond motifs is 1. The van der Waals surface area contributed by atoms with Crippen molar-refractivity contribution < 1.29 is 4.43 Å². The van der Waals surface area contributed by atoms with Crippen molar-refractivity contribution >= 4 is 19.9 Å². The SMILES string of the molecule is CCCCCCCCC(O[Si](C)C)(c1ccc2cccnc2c1)C(C)(C)C. The van der Waals surface area contributed by atoms with Crippen molar-refractivity contribution in [3.63, 3.8) is 0 Å². The summed E-state index contributed by atoms with van der Waals surface area (Å²) in [6.07, 6.45) is 10.8. The van der Waals surface area contributed by atoms with Gasteiger partial charge in [-0.3, -0.25) is 4.98 Å². The topological polar surface area (TPSA) is 22.1 Å². The second kappa shape index (κ2) is 9.84. The Morgan fingerprint density at radius 3 is 2.33 bits per heavy atom. The number of pyridine rings is 1. The van der Waals surface area contributed by atoms with Crippen LogP contribution in [0, 0.1) is 5.41 Å². The summed E-state index contributed by atoms with van der Waals surface area (Å²) in [5.74, 6) is 0. The zero-order valence-corrected chi connectivity index (χ0v) is 19.3. The first-order valence-electron chi connectivity index (χ1n) is 10.6. The maximum absolute atomic E-state index is 6.84. The summed E-state index contributed by atoms with van der Waals surface area (Å²) >= 11 is 0. The van der Waals surface area contributed by atoms with E-state index in [0.717, 1.165) is 11.9 Å². The van der Waals surface area contributed by atoms with E-state index in [1.165, 1.54) is 49.5 Å². The fourth-order valence-electron chi connectivity index (χ4n) is 4.04. The normalized spacial score (nSPS) is 14.6. The van der Waals surface area contributed by atoms with Gasteiger partial charge in [0.15, 0.2) is 0 Å². The molecule has 1 radical (unpaired) electrons. The Kier molecular flexibility index (Phi) is 8.05. The Bertz CT molecular complexity index is 707.